The number of rotatable bonds is 13. The first-order valence-electron chi connectivity index (χ1n) is 11.6. The molecular formula is C26H33N3O3S. The molecule has 1 fully saturated rings. The summed E-state index contributed by atoms with van der Waals surface area (Å²) in [6.45, 7) is 2.98. The van der Waals surface area contributed by atoms with Gasteiger partial charge in [0, 0.05) is 0 Å². The van der Waals surface area contributed by atoms with Crippen molar-refractivity contribution in [3.05, 3.63) is 59.7 Å². The van der Waals surface area contributed by atoms with Gasteiger partial charge >= 0.3 is 0 Å². The number of ether oxygens (including phenoxy) is 2. The third kappa shape index (κ3) is 8.57. The first kappa shape index (κ1) is 24.8. The fraction of sp³-hybridized carbons (Fsp3) is 0.423. The number of nitrogens with zero attached hydrogens (tertiary/aromatic N) is 2. The molecule has 0 spiro atoms. The van der Waals surface area contributed by atoms with Gasteiger partial charge in [0.15, 0.2) is 5.17 Å². The summed E-state index contributed by atoms with van der Waals surface area (Å²) in [5.74, 6) is 1.60. The van der Waals surface area contributed by atoms with Gasteiger partial charge in [0.2, 0.25) is 5.91 Å². The van der Waals surface area contributed by atoms with Gasteiger partial charge in [-0.1, -0.05) is 62.9 Å². The van der Waals surface area contributed by atoms with Crippen LogP contribution in [-0.4, -0.2) is 36.3 Å². The summed E-state index contributed by atoms with van der Waals surface area (Å²) in [7, 11) is 1.63. The highest BCUT2D eigenvalue weighted by molar-refractivity contribution is 8.15. The maximum atomic E-state index is 12.3. The summed E-state index contributed by atoms with van der Waals surface area (Å²) >= 11 is 1.40. The average molecular weight is 468 g/mol. The van der Waals surface area contributed by atoms with Crippen molar-refractivity contribution < 1.29 is 14.3 Å². The van der Waals surface area contributed by atoms with Crippen molar-refractivity contribution in [1.82, 2.24) is 5.32 Å². The molecule has 0 aliphatic carbocycles. The SMILES string of the molecule is CCCCCCCCOc1ccc(/C=N\N=C2/NC(=O)[C@H](Cc3cccc(OC)c3)S2)cc1. The Labute approximate surface area is 200 Å². The van der Waals surface area contributed by atoms with Crippen molar-refractivity contribution in [2.45, 2.75) is 57.1 Å². The summed E-state index contributed by atoms with van der Waals surface area (Å²) < 4.78 is 11.1. The molecule has 2 aromatic carbocycles. The highest BCUT2D eigenvalue weighted by Crippen LogP contribution is 2.25. The second-order valence-corrected chi connectivity index (χ2v) is 9.18. The number of amidine groups is 1. The molecule has 176 valence electrons. The van der Waals surface area contributed by atoms with E-state index < -0.39 is 0 Å². The first-order chi connectivity index (χ1) is 16.2. The van der Waals surface area contributed by atoms with Gasteiger partial charge < -0.3 is 14.8 Å². The van der Waals surface area contributed by atoms with E-state index in [1.54, 1.807) is 13.3 Å². The highest BCUT2D eigenvalue weighted by atomic mass is 32.2. The molecule has 1 atom stereocenters. The molecule has 1 aliphatic heterocycles. The Bertz CT molecular complexity index is 944. The minimum atomic E-state index is -0.228. The molecule has 0 unspecified atom stereocenters. The van der Waals surface area contributed by atoms with E-state index in [9.17, 15) is 4.79 Å². The van der Waals surface area contributed by atoms with Gasteiger partial charge in [-0.05, 0) is 60.4 Å². The van der Waals surface area contributed by atoms with E-state index in [0.717, 1.165) is 35.7 Å². The third-order valence-electron chi connectivity index (χ3n) is 5.33. The molecule has 1 heterocycles. The second kappa shape index (κ2) is 13.7. The van der Waals surface area contributed by atoms with E-state index in [4.69, 9.17) is 9.47 Å². The molecule has 1 aliphatic rings. The first-order valence-corrected chi connectivity index (χ1v) is 12.5. The standard InChI is InChI=1S/C26H33N3O3S/c1-3-4-5-6-7-8-16-32-22-14-12-20(13-15-22)19-27-29-26-28-25(30)24(33-26)18-21-10-9-11-23(17-21)31-2/h9-15,17,19,24H,3-8,16,18H2,1-2H3,(H,28,29,30)/b27-19-/t24-/m0/s1. The topological polar surface area (TPSA) is 72.3 Å². The van der Waals surface area contributed by atoms with Crippen molar-refractivity contribution in [1.29, 1.82) is 0 Å². The highest BCUT2D eigenvalue weighted by Gasteiger charge is 2.30. The Morgan fingerprint density at radius 3 is 2.61 bits per heavy atom. The lowest BCUT2D eigenvalue weighted by Crippen LogP contribution is -2.25. The van der Waals surface area contributed by atoms with Crippen molar-refractivity contribution in [2.75, 3.05) is 13.7 Å². The Balaban J connectivity index is 1.42. The normalized spacial score (nSPS) is 17.0. The van der Waals surface area contributed by atoms with Gasteiger partial charge in [-0.15, -0.1) is 5.10 Å². The van der Waals surface area contributed by atoms with Crippen LogP contribution in [0.2, 0.25) is 0 Å². The number of hydrogen-bond acceptors (Lipinski definition) is 6. The molecule has 0 radical (unpaired) electrons. The van der Waals surface area contributed by atoms with E-state index in [-0.39, 0.29) is 11.2 Å². The lowest BCUT2D eigenvalue weighted by molar-refractivity contribution is -0.118. The maximum absolute atomic E-state index is 12.3. The Kier molecular flexibility index (Phi) is 10.3. The molecule has 0 aromatic heterocycles. The number of hydrogen-bond donors (Lipinski definition) is 1. The van der Waals surface area contributed by atoms with Crippen LogP contribution in [0.5, 0.6) is 11.5 Å². The molecule has 33 heavy (non-hydrogen) atoms. The lowest BCUT2D eigenvalue weighted by Gasteiger charge is -2.07. The minimum Gasteiger partial charge on any atom is -0.497 e. The molecule has 2 aromatic rings. The summed E-state index contributed by atoms with van der Waals surface area (Å²) in [5, 5.41) is 11.4. The molecule has 1 saturated heterocycles. The van der Waals surface area contributed by atoms with Crippen molar-refractivity contribution in [2.24, 2.45) is 10.2 Å². The van der Waals surface area contributed by atoms with Crippen LogP contribution in [0.1, 0.15) is 56.6 Å². The second-order valence-electron chi connectivity index (χ2n) is 7.99. The van der Waals surface area contributed by atoms with Crippen LogP contribution in [0.4, 0.5) is 0 Å². The molecular weight excluding hydrogens is 434 g/mol. The van der Waals surface area contributed by atoms with E-state index in [1.165, 1.54) is 43.9 Å². The van der Waals surface area contributed by atoms with Gasteiger partial charge in [-0.2, -0.15) is 5.10 Å². The van der Waals surface area contributed by atoms with Gasteiger partial charge in [0.25, 0.3) is 0 Å². The number of nitrogens with one attached hydrogen (secondary N) is 1. The number of unbranched alkanes of at least 4 members (excludes halogenated alkanes) is 5. The van der Waals surface area contributed by atoms with Crippen LogP contribution in [0.3, 0.4) is 0 Å². The Hall–Kier alpha value is -2.80. The fourth-order valence-electron chi connectivity index (χ4n) is 3.47. The van der Waals surface area contributed by atoms with Gasteiger partial charge in [0.05, 0.1) is 25.2 Å². The van der Waals surface area contributed by atoms with Gasteiger partial charge in [-0.3, -0.25) is 4.79 Å². The van der Waals surface area contributed by atoms with Crippen LogP contribution in [0, 0.1) is 0 Å². The van der Waals surface area contributed by atoms with Crippen LogP contribution >= 0.6 is 11.8 Å². The van der Waals surface area contributed by atoms with E-state index in [0.29, 0.717) is 11.6 Å². The average Bonchev–Trinajstić information content (AvgIpc) is 3.18. The molecule has 6 nitrogen and oxygen atoms in total. The fourth-order valence-corrected chi connectivity index (χ4v) is 4.44. The lowest BCUT2D eigenvalue weighted by atomic mass is 10.1. The van der Waals surface area contributed by atoms with Crippen molar-refractivity contribution >= 4 is 29.1 Å². The number of amides is 1. The van der Waals surface area contributed by atoms with E-state index in [1.807, 2.05) is 48.5 Å². The van der Waals surface area contributed by atoms with Gasteiger partial charge in [-0.25, -0.2) is 0 Å². The smallest absolute Gasteiger partial charge is 0.239 e. The van der Waals surface area contributed by atoms with Crippen LogP contribution in [0.15, 0.2) is 58.7 Å². The predicted molar refractivity (Wildman–Crippen MR) is 137 cm³/mol. The molecule has 7 heteroatoms. The third-order valence-corrected chi connectivity index (χ3v) is 6.41. The Morgan fingerprint density at radius 2 is 1.82 bits per heavy atom. The molecule has 0 saturated carbocycles. The monoisotopic (exact) mass is 467 g/mol. The minimum absolute atomic E-state index is 0.0522. The summed E-state index contributed by atoms with van der Waals surface area (Å²) in [5.41, 5.74) is 1.97. The van der Waals surface area contributed by atoms with E-state index >= 15 is 0 Å². The zero-order valence-corrected chi connectivity index (χ0v) is 20.3. The van der Waals surface area contributed by atoms with Crippen molar-refractivity contribution in [3.63, 3.8) is 0 Å². The summed E-state index contributed by atoms with van der Waals surface area (Å²) in [6, 6.07) is 15.5. The van der Waals surface area contributed by atoms with Crippen LogP contribution < -0.4 is 14.8 Å². The molecule has 1 amide bonds. The quantitative estimate of drug-likeness (QED) is 0.236. The van der Waals surface area contributed by atoms with E-state index in [2.05, 4.69) is 22.4 Å². The van der Waals surface area contributed by atoms with Crippen LogP contribution in [0.25, 0.3) is 0 Å². The number of methoxy groups -OCH3 is 1. The summed E-state index contributed by atoms with van der Waals surface area (Å²) in [6.07, 6.45) is 9.80. The van der Waals surface area contributed by atoms with Crippen molar-refractivity contribution in [3.8, 4) is 11.5 Å². The molecule has 3 rings (SSSR count). The maximum Gasteiger partial charge on any atom is 0.239 e. The number of benzene rings is 2. The predicted octanol–water partition coefficient (Wildman–Crippen LogP) is 5.60. The summed E-state index contributed by atoms with van der Waals surface area (Å²) in [4.78, 5) is 12.3. The number of carbonyl (C=O) groups is 1. The Morgan fingerprint density at radius 1 is 1.03 bits per heavy atom. The number of carbonyl (C=O) groups excluding carboxylic acids is 1. The zero-order valence-electron chi connectivity index (χ0n) is 19.5. The largest absolute Gasteiger partial charge is 0.497 e. The number of thioether (sulfide) groups is 1. The molecule has 1 N–H and O–H groups in total. The zero-order chi connectivity index (χ0) is 23.3. The molecule has 0 bridgehead atoms. The van der Waals surface area contributed by atoms with Gasteiger partial charge in [0.1, 0.15) is 11.5 Å². The van der Waals surface area contributed by atoms with Crippen LogP contribution in [-0.2, 0) is 11.2 Å².